The molecule has 1 unspecified atom stereocenters. The number of aliphatic hydroxyl groups excluding tert-OH is 1. The van der Waals surface area contributed by atoms with Gasteiger partial charge in [-0.2, -0.15) is 0 Å². The SMILES string of the molecule is C=C(c1ccccc1OC)C(O)C(=O)OCC. The molecule has 0 radical (unpaired) electrons. The molecule has 0 fully saturated rings. The molecule has 1 N–H and O–H groups in total. The second kappa shape index (κ2) is 6.06. The summed E-state index contributed by atoms with van der Waals surface area (Å²) in [5, 5.41) is 9.76. The van der Waals surface area contributed by atoms with Gasteiger partial charge >= 0.3 is 5.97 Å². The fourth-order valence-electron chi connectivity index (χ4n) is 1.42. The Balaban J connectivity index is 2.92. The van der Waals surface area contributed by atoms with Crippen LogP contribution in [-0.2, 0) is 9.53 Å². The van der Waals surface area contributed by atoms with Crippen LogP contribution in [0.4, 0.5) is 0 Å². The van der Waals surface area contributed by atoms with Crippen LogP contribution in [0.25, 0.3) is 5.57 Å². The Labute approximate surface area is 100 Å². The Morgan fingerprint density at radius 3 is 2.71 bits per heavy atom. The van der Waals surface area contributed by atoms with Crippen molar-refractivity contribution in [2.24, 2.45) is 0 Å². The lowest BCUT2D eigenvalue weighted by atomic mass is 10.0. The average Bonchev–Trinajstić information content (AvgIpc) is 2.37. The molecule has 1 aromatic rings. The molecule has 0 aliphatic rings. The van der Waals surface area contributed by atoms with Gasteiger partial charge < -0.3 is 14.6 Å². The highest BCUT2D eigenvalue weighted by molar-refractivity contribution is 5.91. The molecule has 1 rings (SSSR count). The van der Waals surface area contributed by atoms with Crippen LogP contribution in [0, 0.1) is 0 Å². The van der Waals surface area contributed by atoms with Gasteiger partial charge in [0.05, 0.1) is 13.7 Å². The van der Waals surface area contributed by atoms with Gasteiger partial charge in [-0.1, -0.05) is 24.8 Å². The number of hydrogen-bond donors (Lipinski definition) is 1. The number of esters is 1. The molecule has 0 amide bonds. The Bertz CT molecular complexity index is 412. The summed E-state index contributed by atoms with van der Waals surface area (Å²) in [6.45, 7) is 5.60. The van der Waals surface area contributed by atoms with Crippen LogP contribution < -0.4 is 4.74 Å². The molecule has 92 valence electrons. The third kappa shape index (κ3) is 3.07. The maximum absolute atomic E-state index is 11.4. The maximum atomic E-state index is 11.4. The molecule has 4 nitrogen and oxygen atoms in total. The zero-order valence-electron chi connectivity index (χ0n) is 9.97. The Morgan fingerprint density at radius 1 is 1.47 bits per heavy atom. The quantitative estimate of drug-likeness (QED) is 0.789. The Morgan fingerprint density at radius 2 is 2.12 bits per heavy atom. The van der Waals surface area contributed by atoms with E-state index >= 15 is 0 Å². The van der Waals surface area contributed by atoms with Crippen molar-refractivity contribution < 1.29 is 19.4 Å². The fraction of sp³-hybridized carbons (Fsp3) is 0.308. The van der Waals surface area contributed by atoms with Crippen LogP contribution in [0.1, 0.15) is 12.5 Å². The standard InChI is InChI=1S/C13H16O4/c1-4-17-13(15)12(14)9(2)10-7-5-6-8-11(10)16-3/h5-8,12,14H,2,4H2,1,3H3. The fourth-order valence-corrected chi connectivity index (χ4v) is 1.42. The van der Waals surface area contributed by atoms with Crippen LogP contribution in [0.15, 0.2) is 30.8 Å². The van der Waals surface area contributed by atoms with Gasteiger partial charge in [0.2, 0.25) is 0 Å². The van der Waals surface area contributed by atoms with Crippen molar-refractivity contribution in [2.45, 2.75) is 13.0 Å². The molecule has 0 saturated heterocycles. The molecule has 4 heteroatoms. The first-order valence-corrected chi connectivity index (χ1v) is 5.28. The number of carbonyl (C=O) groups is 1. The summed E-state index contributed by atoms with van der Waals surface area (Å²) in [6.07, 6.45) is -1.37. The molecule has 17 heavy (non-hydrogen) atoms. The molecule has 0 aliphatic carbocycles. The Hall–Kier alpha value is -1.81. The number of carbonyl (C=O) groups excluding carboxylic acids is 1. The van der Waals surface area contributed by atoms with E-state index in [2.05, 4.69) is 6.58 Å². The second-order valence-corrected chi connectivity index (χ2v) is 3.38. The minimum absolute atomic E-state index is 0.217. The van der Waals surface area contributed by atoms with E-state index in [9.17, 15) is 9.90 Å². The molecule has 0 aliphatic heterocycles. The van der Waals surface area contributed by atoms with Gasteiger partial charge in [-0.3, -0.25) is 0 Å². The molecule has 1 aromatic carbocycles. The molecule has 0 bridgehead atoms. The normalized spacial score (nSPS) is 11.7. The monoisotopic (exact) mass is 236 g/mol. The molecule has 0 aromatic heterocycles. The molecule has 0 heterocycles. The lowest BCUT2D eigenvalue weighted by Gasteiger charge is -2.15. The van der Waals surface area contributed by atoms with Crippen LogP contribution >= 0.6 is 0 Å². The third-order valence-corrected chi connectivity index (χ3v) is 2.29. The zero-order chi connectivity index (χ0) is 12.8. The zero-order valence-corrected chi connectivity index (χ0v) is 9.97. The van der Waals surface area contributed by atoms with Gasteiger partial charge in [0.1, 0.15) is 5.75 Å². The van der Waals surface area contributed by atoms with Crippen molar-refractivity contribution in [1.29, 1.82) is 0 Å². The first-order chi connectivity index (χ1) is 8.11. The number of ether oxygens (including phenoxy) is 2. The van der Waals surface area contributed by atoms with Crippen molar-refractivity contribution in [3.05, 3.63) is 36.4 Å². The van der Waals surface area contributed by atoms with E-state index in [-0.39, 0.29) is 12.2 Å². The molecular weight excluding hydrogens is 220 g/mol. The highest BCUT2D eigenvalue weighted by Crippen LogP contribution is 2.27. The van der Waals surface area contributed by atoms with Gasteiger partial charge in [0.25, 0.3) is 0 Å². The van der Waals surface area contributed by atoms with Gasteiger partial charge in [-0.15, -0.1) is 0 Å². The summed E-state index contributed by atoms with van der Waals surface area (Å²) in [7, 11) is 1.52. The van der Waals surface area contributed by atoms with E-state index in [4.69, 9.17) is 9.47 Å². The number of para-hydroxylation sites is 1. The third-order valence-electron chi connectivity index (χ3n) is 2.29. The first-order valence-electron chi connectivity index (χ1n) is 5.28. The summed E-state index contributed by atoms with van der Waals surface area (Å²) in [6, 6.07) is 7.04. The van der Waals surface area contributed by atoms with E-state index in [0.29, 0.717) is 11.3 Å². The van der Waals surface area contributed by atoms with Crippen LogP contribution in [0.5, 0.6) is 5.75 Å². The molecule has 0 saturated carbocycles. The minimum atomic E-state index is -1.37. The van der Waals surface area contributed by atoms with Gasteiger partial charge in [0, 0.05) is 5.56 Å². The number of benzene rings is 1. The van der Waals surface area contributed by atoms with E-state index in [1.165, 1.54) is 7.11 Å². The van der Waals surface area contributed by atoms with Crippen molar-refractivity contribution >= 4 is 11.5 Å². The molecule has 0 spiro atoms. The largest absolute Gasteiger partial charge is 0.496 e. The van der Waals surface area contributed by atoms with Crippen LogP contribution in [0.3, 0.4) is 0 Å². The molecule has 1 atom stereocenters. The van der Waals surface area contributed by atoms with Crippen LogP contribution in [0.2, 0.25) is 0 Å². The lowest BCUT2D eigenvalue weighted by Crippen LogP contribution is -2.24. The van der Waals surface area contributed by atoms with E-state index in [1.807, 2.05) is 0 Å². The van der Waals surface area contributed by atoms with Crippen LogP contribution in [-0.4, -0.2) is 30.9 Å². The average molecular weight is 236 g/mol. The highest BCUT2D eigenvalue weighted by atomic mass is 16.5. The van der Waals surface area contributed by atoms with Gasteiger partial charge in [0.15, 0.2) is 6.10 Å². The number of aliphatic hydroxyl groups is 1. The van der Waals surface area contributed by atoms with Crippen molar-refractivity contribution in [3.8, 4) is 5.75 Å². The van der Waals surface area contributed by atoms with Crippen molar-refractivity contribution in [3.63, 3.8) is 0 Å². The summed E-state index contributed by atoms with van der Waals surface area (Å²) in [5.41, 5.74) is 0.858. The predicted molar refractivity (Wildman–Crippen MR) is 64.7 cm³/mol. The van der Waals surface area contributed by atoms with E-state index in [1.54, 1.807) is 31.2 Å². The molecular formula is C13H16O4. The van der Waals surface area contributed by atoms with Crippen molar-refractivity contribution in [2.75, 3.05) is 13.7 Å². The predicted octanol–water partition coefficient (Wildman–Crippen LogP) is 1.63. The summed E-state index contributed by atoms with van der Waals surface area (Å²) >= 11 is 0. The summed E-state index contributed by atoms with van der Waals surface area (Å²) in [4.78, 5) is 11.4. The highest BCUT2D eigenvalue weighted by Gasteiger charge is 2.22. The number of rotatable bonds is 5. The smallest absolute Gasteiger partial charge is 0.339 e. The van der Waals surface area contributed by atoms with Gasteiger partial charge in [-0.25, -0.2) is 4.79 Å². The first kappa shape index (κ1) is 13.3. The lowest BCUT2D eigenvalue weighted by molar-refractivity contribution is -0.149. The Kier molecular flexibility index (Phi) is 4.72. The van der Waals surface area contributed by atoms with Crippen molar-refractivity contribution in [1.82, 2.24) is 0 Å². The number of hydrogen-bond acceptors (Lipinski definition) is 4. The maximum Gasteiger partial charge on any atom is 0.339 e. The topological polar surface area (TPSA) is 55.8 Å². The van der Waals surface area contributed by atoms with E-state index < -0.39 is 12.1 Å². The number of methoxy groups -OCH3 is 1. The second-order valence-electron chi connectivity index (χ2n) is 3.38. The minimum Gasteiger partial charge on any atom is -0.496 e. The van der Waals surface area contributed by atoms with Gasteiger partial charge in [-0.05, 0) is 18.6 Å². The summed E-state index contributed by atoms with van der Waals surface area (Å²) in [5.74, 6) is -0.149. The summed E-state index contributed by atoms with van der Waals surface area (Å²) < 4.78 is 9.86. The van der Waals surface area contributed by atoms with E-state index in [0.717, 1.165) is 0 Å².